The van der Waals surface area contributed by atoms with Crippen LogP contribution in [0, 0.1) is 12.8 Å². The predicted octanol–water partition coefficient (Wildman–Crippen LogP) is 4.41. The lowest BCUT2D eigenvalue weighted by molar-refractivity contribution is 0.0650. The van der Waals surface area contributed by atoms with Crippen LogP contribution >= 0.6 is 11.6 Å². The number of aryl methyl sites for hydroxylation is 1. The average Bonchev–Trinajstić information content (AvgIpc) is 2.78. The molecule has 8 heteroatoms. The van der Waals surface area contributed by atoms with Crippen molar-refractivity contribution in [1.29, 1.82) is 0 Å². The van der Waals surface area contributed by atoms with Crippen LogP contribution in [0.3, 0.4) is 0 Å². The third-order valence-electron chi connectivity index (χ3n) is 6.06. The number of carbonyl (C=O) groups is 2. The molecule has 1 heterocycles. The SMILES string of the molecule is Cc1ccc(C(=O)C2CCN(C(=O)c3cc(S(=O)(=O)N(C)C(C)C)ccc3Cl)CC2)cc1. The highest BCUT2D eigenvalue weighted by Gasteiger charge is 2.30. The van der Waals surface area contributed by atoms with Crippen molar-refractivity contribution in [3.8, 4) is 0 Å². The summed E-state index contributed by atoms with van der Waals surface area (Å²) in [7, 11) is -2.23. The number of sulfonamides is 1. The summed E-state index contributed by atoms with van der Waals surface area (Å²) in [6.45, 7) is 6.37. The van der Waals surface area contributed by atoms with Gasteiger partial charge in [0.15, 0.2) is 5.78 Å². The maximum absolute atomic E-state index is 13.1. The number of likely N-dealkylation sites (tertiary alicyclic amines) is 1. The summed E-state index contributed by atoms with van der Waals surface area (Å²) in [4.78, 5) is 27.6. The summed E-state index contributed by atoms with van der Waals surface area (Å²) in [5, 5.41) is 0.207. The normalized spacial score (nSPS) is 15.4. The first-order chi connectivity index (χ1) is 15.0. The third-order valence-corrected chi connectivity index (χ3v) is 8.42. The van der Waals surface area contributed by atoms with Crippen LogP contribution in [0.1, 0.15) is 53.0 Å². The highest BCUT2D eigenvalue weighted by Crippen LogP contribution is 2.27. The van der Waals surface area contributed by atoms with E-state index in [1.165, 1.54) is 29.6 Å². The quantitative estimate of drug-likeness (QED) is 0.578. The second kappa shape index (κ2) is 9.73. The van der Waals surface area contributed by atoms with Gasteiger partial charge in [0, 0.05) is 37.7 Å². The average molecular weight is 477 g/mol. The van der Waals surface area contributed by atoms with E-state index in [1.54, 1.807) is 18.7 Å². The number of hydrogen-bond donors (Lipinski definition) is 0. The Labute approximate surface area is 195 Å². The lowest BCUT2D eigenvalue weighted by Gasteiger charge is -2.31. The first-order valence-electron chi connectivity index (χ1n) is 10.7. The van der Waals surface area contributed by atoms with Gasteiger partial charge in [-0.15, -0.1) is 0 Å². The van der Waals surface area contributed by atoms with Gasteiger partial charge >= 0.3 is 0 Å². The van der Waals surface area contributed by atoms with Gasteiger partial charge in [0.25, 0.3) is 5.91 Å². The summed E-state index contributed by atoms with van der Waals surface area (Å²) >= 11 is 6.26. The van der Waals surface area contributed by atoms with E-state index in [0.717, 1.165) is 5.56 Å². The molecule has 0 aliphatic carbocycles. The minimum Gasteiger partial charge on any atom is -0.339 e. The molecule has 172 valence electrons. The van der Waals surface area contributed by atoms with Crippen LogP contribution in [0.5, 0.6) is 0 Å². The molecule has 0 atom stereocenters. The Kier molecular flexibility index (Phi) is 7.43. The summed E-state index contributed by atoms with van der Waals surface area (Å²) in [6, 6.07) is 11.5. The molecule has 0 unspecified atom stereocenters. The zero-order valence-electron chi connectivity index (χ0n) is 18.8. The van der Waals surface area contributed by atoms with Gasteiger partial charge in [-0.1, -0.05) is 41.4 Å². The van der Waals surface area contributed by atoms with Crippen LogP contribution in [0.15, 0.2) is 47.4 Å². The number of rotatable bonds is 6. The van der Waals surface area contributed by atoms with Crippen molar-refractivity contribution in [2.45, 2.75) is 44.6 Å². The number of hydrogen-bond acceptors (Lipinski definition) is 4. The van der Waals surface area contributed by atoms with Crippen LogP contribution in [0.4, 0.5) is 0 Å². The van der Waals surface area contributed by atoms with Crippen molar-refractivity contribution in [2.24, 2.45) is 5.92 Å². The number of benzene rings is 2. The van der Waals surface area contributed by atoms with E-state index < -0.39 is 10.0 Å². The second-order valence-corrected chi connectivity index (χ2v) is 11.0. The molecule has 0 spiro atoms. The standard InChI is InChI=1S/C24H29ClN2O4S/c1-16(2)26(4)32(30,31)20-9-10-22(25)21(15-20)24(29)27-13-11-19(12-14-27)23(28)18-7-5-17(3)6-8-18/h5-10,15-16,19H,11-14H2,1-4H3. The molecule has 1 saturated heterocycles. The molecular formula is C24H29ClN2O4S. The van der Waals surface area contributed by atoms with Crippen LogP contribution in [-0.2, 0) is 10.0 Å². The van der Waals surface area contributed by atoms with E-state index in [4.69, 9.17) is 11.6 Å². The fourth-order valence-electron chi connectivity index (χ4n) is 3.74. The molecule has 2 aromatic rings. The van der Waals surface area contributed by atoms with Gasteiger partial charge in [-0.25, -0.2) is 8.42 Å². The minimum absolute atomic E-state index is 0.0332. The minimum atomic E-state index is -3.74. The predicted molar refractivity (Wildman–Crippen MR) is 126 cm³/mol. The molecule has 1 aliphatic rings. The van der Waals surface area contributed by atoms with Gasteiger partial charge in [-0.3, -0.25) is 9.59 Å². The van der Waals surface area contributed by atoms with E-state index in [0.29, 0.717) is 31.5 Å². The van der Waals surface area contributed by atoms with Gasteiger partial charge < -0.3 is 4.90 Å². The summed E-state index contributed by atoms with van der Waals surface area (Å²) in [6.07, 6.45) is 1.12. The van der Waals surface area contributed by atoms with Crippen LogP contribution in [0.2, 0.25) is 5.02 Å². The lowest BCUT2D eigenvalue weighted by atomic mass is 9.88. The molecule has 0 bridgehead atoms. The van der Waals surface area contributed by atoms with Crippen molar-refractivity contribution >= 4 is 33.3 Å². The Morgan fingerprint density at radius 2 is 1.66 bits per heavy atom. The molecule has 0 radical (unpaired) electrons. The molecule has 0 aromatic heterocycles. The van der Waals surface area contributed by atoms with E-state index in [2.05, 4.69) is 0 Å². The third kappa shape index (κ3) is 5.05. The molecule has 0 saturated carbocycles. The fourth-order valence-corrected chi connectivity index (χ4v) is 5.33. The smallest absolute Gasteiger partial charge is 0.255 e. The van der Waals surface area contributed by atoms with Crippen LogP contribution in [0.25, 0.3) is 0 Å². The molecule has 3 rings (SSSR count). The largest absolute Gasteiger partial charge is 0.339 e. The molecule has 1 fully saturated rings. The van der Waals surface area contributed by atoms with Gasteiger partial charge in [-0.2, -0.15) is 4.31 Å². The molecule has 6 nitrogen and oxygen atoms in total. The number of halogens is 1. The van der Waals surface area contributed by atoms with Crippen molar-refractivity contribution < 1.29 is 18.0 Å². The number of Topliss-reactive ketones (excluding diaryl/α,β-unsaturated/α-hetero) is 1. The van der Waals surface area contributed by atoms with Crippen molar-refractivity contribution in [2.75, 3.05) is 20.1 Å². The van der Waals surface area contributed by atoms with Gasteiger partial charge in [0.2, 0.25) is 10.0 Å². The van der Waals surface area contributed by atoms with Gasteiger partial charge in [-0.05, 0) is 51.8 Å². The van der Waals surface area contributed by atoms with Crippen molar-refractivity contribution in [3.63, 3.8) is 0 Å². The first kappa shape index (κ1) is 24.4. The Balaban J connectivity index is 1.74. The molecule has 0 N–H and O–H groups in total. The zero-order chi connectivity index (χ0) is 23.6. The summed E-state index contributed by atoms with van der Waals surface area (Å²) in [5.41, 5.74) is 1.95. The highest BCUT2D eigenvalue weighted by atomic mass is 35.5. The van der Waals surface area contributed by atoms with E-state index >= 15 is 0 Å². The maximum atomic E-state index is 13.1. The van der Waals surface area contributed by atoms with Crippen molar-refractivity contribution in [3.05, 3.63) is 64.2 Å². The number of carbonyl (C=O) groups excluding carboxylic acids is 2. The topological polar surface area (TPSA) is 74.8 Å². The van der Waals surface area contributed by atoms with E-state index in [9.17, 15) is 18.0 Å². The molecule has 1 amide bonds. The van der Waals surface area contributed by atoms with Gasteiger partial charge in [0.05, 0.1) is 15.5 Å². The van der Waals surface area contributed by atoms with Crippen LogP contribution < -0.4 is 0 Å². The molecular weight excluding hydrogens is 448 g/mol. The van der Waals surface area contributed by atoms with Crippen LogP contribution in [-0.4, -0.2) is 55.5 Å². The maximum Gasteiger partial charge on any atom is 0.255 e. The monoisotopic (exact) mass is 476 g/mol. The number of nitrogens with zero attached hydrogens (tertiary/aromatic N) is 2. The van der Waals surface area contributed by atoms with E-state index in [-0.39, 0.29) is 39.1 Å². The second-order valence-electron chi connectivity index (χ2n) is 8.55. The number of amides is 1. The number of piperidine rings is 1. The Hall–Kier alpha value is -2.22. The van der Waals surface area contributed by atoms with Crippen molar-refractivity contribution in [1.82, 2.24) is 9.21 Å². The highest BCUT2D eigenvalue weighted by molar-refractivity contribution is 7.89. The molecule has 1 aliphatic heterocycles. The molecule has 2 aromatic carbocycles. The first-order valence-corrected chi connectivity index (χ1v) is 12.5. The summed E-state index contributed by atoms with van der Waals surface area (Å²) < 4.78 is 26.9. The van der Waals surface area contributed by atoms with E-state index in [1.807, 2.05) is 31.2 Å². The Morgan fingerprint density at radius 1 is 1.06 bits per heavy atom. The molecule has 32 heavy (non-hydrogen) atoms. The Morgan fingerprint density at radius 3 is 2.22 bits per heavy atom. The lowest BCUT2D eigenvalue weighted by Crippen LogP contribution is -2.40. The summed E-state index contributed by atoms with van der Waals surface area (Å²) in [5.74, 6) is -0.357. The number of ketones is 1. The fraction of sp³-hybridized carbons (Fsp3) is 0.417. The zero-order valence-corrected chi connectivity index (χ0v) is 20.4. The van der Waals surface area contributed by atoms with Gasteiger partial charge in [0.1, 0.15) is 0 Å². The Bertz CT molecular complexity index is 1110.